The van der Waals surface area contributed by atoms with Gasteiger partial charge in [-0.15, -0.1) is 0 Å². The third kappa shape index (κ3) is 3.27. The molecule has 6 heteroatoms. The van der Waals surface area contributed by atoms with Crippen LogP contribution in [0.25, 0.3) is 6.08 Å². The van der Waals surface area contributed by atoms with Crippen LogP contribution in [-0.4, -0.2) is 18.9 Å². The van der Waals surface area contributed by atoms with Gasteiger partial charge in [0.25, 0.3) is 0 Å². The first-order valence-corrected chi connectivity index (χ1v) is 8.54. The van der Waals surface area contributed by atoms with E-state index in [2.05, 4.69) is 0 Å². The molecule has 1 aliphatic rings. The van der Waals surface area contributed by atoms with Gasteiger partial charge in [-0.05, 0) is 55.0 Å². The second kappa shape index (κ2) is 7.08. The number of ether oxygens (including phenoxy) is 3. The summed E-state index contributed by atoms with van der Waals surface area (Å²) in [6, 6.07) is 13.2. The maximum absolute atomic E-state index is 12.6. The van der Waals surface area contributed by atoms with Crippen LogP contribution in [0, 0.1) is 6.92 Å². The lowest BCUT2D eigenvalue weighted by atomic mass is 10.0. The number of carbonyl (C=O) groups excluding carboxylic acids is 2. The number of fused-ring (bicyclic) bond motifs is 1. The van der Waals surface area contributed by atoms with E-state index in [4.69, 9.17) is 18.6 Å². The maximum atomic E-state index is 12.6. The van der Waals surface area contributed by atoms with E-state index in [9.17, 15) is 9.59 Å². The zero-order valence-corrected chi connectivity index (χ0v) is 15.2. The summed E-state index contributed by atoms with van der Waals surface area (Å²) in [7, 11) is 1.55. The van der Waals surface area contributed by atoms with Crippen molar-refractivity contribution in [1.29, 1.82) is 0 Å². The van der Waals surface area contributed by atoms with Gasteiger partial charge in [0.1, 0.15) is 23.0 Å². The van der Waals surface area contributed by atoms with E-state index in [1.165, 1.54) is 18.4 Å². The lowest BCUT2D eigenvalue weighted by molar-refractivity contribution is 0.0734. The Morgan fingerprint density at radius 2 is 1.86 bits per heavy atom. The Morgan fingerprint density at radius 1 is 1.07 bits per heavy atom. The van der Waals surface area contributed by atoms with E-state index in [-0.39, 0.29) is 11.5 Å². The van der Waals surface area contributed by atoms with Crippen molar-refractivity contribution in [2.45, 2.75) is 6.92 Å². The number of benzene rings is 2. The highest BCUT2D eigenvalue weighted by molar-refractivity contribution is 6.15. The van der Waals surface area contributed by atoms with Gasteiger partial charge >= 0.3 is 5.97 Å². The summed E-state index contributed by atoms with van der Waals surface area (Å²) < 4.78 is 21.4. The van der Waals surface area contributed by atoms with Gasteiger partial charge < -0.3 is 18.6 Å². The Kier molecular flexibility index (Phi) is 4.45. The van der Waals surface area contributed by atoms with E-state index in [1.807, 2.05) is 0 Å². The van der Waals surface area contributed by atoms with Crippen molar-refractivity contribution in [2.75, 3.05) is 7.11 Å². The van der Waals surface area contributed by atoms with Crippen LogP contribution >= 0.6 is 0 Å². The van der Waals surface area contributed by atoms with Crippen LogP contribution in [0.1, 0.15) is 32.0 Å². The lowest BCUT2D eigenvalue weighted by Gasteiger charge is -2.08. The van der Waals surface area contributed by atoms with Crippen molar-refractivity contribution in [2.24, 2.45) is 0 Å². The SMILES string of the molecule is COc1ccc(C(=O)Oc2cc(C)c3c(c2)O/C(=C\c2ccco2)C3=O)cc1. The molecule has 0 N–H and O–H groups in total. The number of rotatable bonds is 4. The fraction of sp³-hybridized carbons (Fsp3) is 0.0909. The minimum Gasteiger partial charge on any atom is -0.497 e. The van der Waals surface area contributed by atoms with Crippen molar-refractivity contribution >= 4 is 17.8 Å². The second-order valence-electron chi connectivity index (χ2n) is 6.19. The lowest BCUT2D eigenvalue weighted by Crippen LogP contribution is -2.08. The van der Waals surface area contributed by atoms with Gasteiger partial charge in [0.15, 0.2) is 5.76 Å². The molecule has 0 spiro atoms. The first kappa shape index (κ1) is 17.6. The highest BCUT2D eigenvalue weighted by Gasteiger charge is 2.30. The highest BCUT2D eigenvalue weighted by atomic mass is 16.5. The molecule has 3 aromatic rings. The van der Waals surface area contributed by atoms with Gasteiger partial charge in [-0.2, -0.15) is 0 Å². The summed E-state index contributed by atoms with van der Waals surface area (Å²) in [6.45, 7) is 1.76. The molecule has 1 aliphatic heterocycles. The fourth-order valence-corrected chi connectivity index (χ4v) is 2.93. The normalized spacial score (nSPS) is 13.9. The summed E-state index contributed by atoms with van der Waals surface area (Å²) in [5.74, 6) is 1.21. The van der Waals surface area contributed by atoms with Gasteiger partial charge in [-0.25, -0.2) is 4.79 Å². The van der Waals surface area contributed by atoms with E-state index < -0.39 is 5.97 Å². The molecule has 0 aliphatic carbocycles. The summed E-state index contributed by atoms with van der Waals surface area (Å²) in [4.78, 5) is 25.0. The Balaban J connectivity index is 1.58. The van der Waals surface area contributed by atoms with Gasteiger partial charge in [-0.1, -0.05) is 0 Å². The molecule has 6 nitrogen and oxygen atoms in total. The molecule has 1 aromatic heterocycles. The number of hydrogen-bond donors (Lipinski definition) is 0. The Hall–Kier alpha value is -3.80. The van der Waals surface area contributed by atoms with Crippen molar-refractivity contribution in [3.05, 3.63) is 83.0 Å². The zero-order chi connectivity index (χ0) is 19.7. The van der Waals surface area contributed by atoms with Crippen LogP contribution < -0.4 is 14.2 Å². The Labute approximate surface area is 160 Å². The number of furan rings is 1. The summed E-state index contributed by atoms with van der Waals surface area (Å²) >= 11 is 0. The molecule has 0 bridgehead atoms. The molecule has 0 unspecified atom stereocenters. The maximum Gasteiger partial charge on any atom is 0.343 e. The van der Waals surface area contributed by atoms with Crippen LogP contribution in [0.2, 0.25) is 0 Å². The summed E-state index contributed by atoms with van der Waals surface area (Å²) in [6.07, 6.45) is 3.05. The van der Waals surface area contributed by atoms with Crippen molar-refractivity contribution < 1.29 is 28.2 Å². The molecule has 0 atom stereocenters. The molecule has 0 saturated heterocycles. The van der Waals surface area contributed by atoms with Gasteiger partial charge in [0.2, 0.25) is 5.78 Å². The number of ketones is 1. The standard InChI is InChI=1S/C22H16O6/c1-13-10-17(27-22(24)14-5-7-15(25-2)8-6-14)12-18-20(13)21(23)19(28-18)11-16-4-3-9-26-16/h3-12H,1-2H3/b19-11-. The van der Waals surface area contributed by atoms with E-state index in [1.54, 1.807) is 56.5 Å². The molecule has 4 rings (SSSR count). The first-order chi connectivity index (χ1) is 13.5. The first-order valence-electron chi connectivity index (χ1n) is 8.54. The second-order valence-corrected chi connectivity index (χ2v) is 6.19. The quantitative estimate of drug-likeness (QED) is 0.381. The average molecular weight is 376 g/mol. The van der Waals surface area contributed by atoms with Crippen LogP contribution in [-0.2, 0) is 0 Å². The van der Waals surface area contributed by atoms with Gasteiger partial charge in [0.05, 0.1) is 24.5 Å². The molecular formula is C22H16O6. The number of esters is 1. The number of Topliss-reactive ketones (excluding diaryl/α,β-unsaturated/α-hetero) is 1. The monoisotopic (exact) mass is 376 g/mol. The molecule has 0 radical (unpaired) electrons. The van der Waals surface area contributed by atoms with Crippen LogP contribution in [0.3, 0.4) is 0 Å². The smallest absolute Gasteiger partial charge is 0.343 e. The fourth-order valence-electron chi connectivity index (χ4n) is 2.93. The third-order valence-electron chi connectivity index (χ3n) is 4.30. The molecule has 0 amide bonds. The van der Waals surface area contributed by atoms with Crippen molar-refractivity contribution in [3.63, 3.8) is 0 Å². The molecule has 0 fully saturated rings. The molecular weight excluding hydrogens is 360 g/mol. The van der Waals surface area contributed by atoms with Crippen molar-refractivity contribution in [3.8, 4) is 17.2 Å². The number of carbonyl (C=O) groups is 2. The molecule has 140 valence electrons. The minimum absolute atomic E-state index is 0.159. The van der Waals surface area contributed by atoms with Crippen LogP contribution in [0.15, 0.2) is 65.0 Å². The topological polar surface area (TPSA) is 75.0 Å². The summed E-state index contributed by atoms with van der Waals surface area (Å²) in [5, 5.41) is 0. The minimum atomic E-state index is -0.516. The molecule has 2 aromatic carbocycles. The average Bonchev–Trinajstić information content (AvgIpc) is 3.30. The third-order valence-corrected chi connectivity index (χ3v) is 4.30. The van der Waals surface area contributed by atoms with E-state index in [0.717, 1.165) is 0 Å². The summed E-state index contributed by atoms with van der Waals surface area (Å²) in [5.41, 5.74) is 1.49. The number of aryl methyl sites for hydroxylation is 1. The Bertz CT molecular complexity index is 1070. The van der Waals surface area contributed by atoms with Crippen LogP contribution in [0.5, 0.6) is 17.2 Å². The largest absolute Gasteiger partial charge is 0.497 e. The zero-order valence-electron chi connectivity index (χ0n) is 15.2. The van der Waals surface area contributed by atoms with Crippen molar-refractivity contribution in [1.82, 2.24) is 0 Å². The predicted octanol–water partition coefficient (Wildman–Crippen LogP) is 4.43. The van der Waals surface area contributed by atoms with Gasteiger partial charge in [-0.3, -0.25) is 4.79 Å². The molecule has 0 saturated carbocycles. The van der Waals surface area contributed by atoms with Crippen LogP contribution in [0.4, 0.5) is 0 Å². The van der Waals surface area contributed by atoms with Gasteiger partial charge in [0, 0.05) is 12.1 Å². The highest BCUT2D eigenvalue weighted by Crippen LogP contribution is 2.37. The number of hydrogen-bond acceptors (Lipinski definition) is 6. The Morgan fingerprint density at radius 3 is 2.54 bits per heavy atom. The predicted molar refractivity (Wildman–Crippen MR) is 101 cm³/mol. The molecule has 28 heavy (non-hydrogen) atoms. The number of methoxy groups -OCH3 is 1. The van der Waals surface area contributed by atoms with E-state index >= 15 is 0 Å². The molecule has 2 heterocycles. The van der Waals surface area contributed by atoms with E-state index in [0.29, 0.717) is 39.7 Å². The number of allylic oxidation sites excluding steroid dienone is 1.